The van der Waals surface area contributed by atoms with Crippen LogP contribution >= 0.6 is 0 Å². The Hall–Kier alpha value is -3.61. The molecular weight excluding hydrogens is 348 g/mol. The summed E-state index contributed by atoms with van der Waals surface area (Å²) in [4.78, 5) is 23.3. The molecule has 1 amide bonds. The van der Waals surface area contributed by atoms with E-state index in [1.54, 1.807) is 6.07 Å². The molecular formula is C20H18N2O5. The molecule has 1 heterocycles. The van der Waals surface area contributed by atoms with Gasteiger partial charge in [-0.15, -0.1) is 0 Å². The molecule has 7 heteroatoms. The van der Waals surface area contributed by atoms with Gasteiger partial charge >= 0.3 is 0 Å². The van der Waals surface area contributed by atoms with Crippen LogP contribution in [0.5, 0.6) is 5.75 Å². The van der Waals surface area contributed by atoms with Crippen molar-refractivity contribution in [3.05, 3.63) is 76.0 Å². The number of aryl methyl sites for hydroxylation is 1. The normalized spacial score (nSPS) is 10.4. The monoisotopic (exact) mass is 366 g/mol. The molecule has 0 aliphatic rings. The number of nitrogens with zero attached hydrogens (tertiary/aromatic N) is 1. The van der Waals surface area contributed by atoms with E-state index in [1.165, 1.54) is 31.4 Å². The van der Waals surface area contributed by atoms with Crippen molar-refractivity contribution >= 4 is 17.3 Å². The smallest absolute Gasteiger partial charge is 0.291 e. The van der Waals surface area contributed by atoms with E-state index in [2.05, 4.69) is 5.32 Å². The third-order valence-corrected chi connectivity index (χ3v) is 4.14. The fourth-order valence-corrected chi connectivity index (χ4v) is 2.74. The van der Waals surface area contributed by atoms with Crippen LogP contribution < -0.4 is 10.1 Å². The van der Waals surface area contributed by atoms with Gasteiger partial charge in [-0.3, -0.25) is 14.9 Å². The summed E-state index contributed by atoms with van der Waals surface area (Å²) in [6.07, 6.45) is 0.776. The highest BCUT2D eigenvalue weighted by atomic mass is 16.6. The van der Waals surface area contributed by atoms with E-state index in [0.717, 1.165) is 12.0 Å². The maximum absolute atomic E-state index is 12.5. The number of benzene rings is 2. The number of amides is 1. The van der Waals surface area contributed by atoms with E-state index < -0.39 is 10.8 Å². The lowest BCUT2D eigenvalue weighted by Gasteiger charge is -2.08. The van der Waals surface area contributed by atoms with Gasteiger partial charge in [0, 0.05) is 5.69 Å². The Kier molecular flexibility index (Phi) is 5.21. The number of nitro groups is 1. The van der Waals surface area contributed by atoms with Gasteiger partial charge in [0.25, 0.3) is 11.6 Å². The zero-order chi connectivity index (χ0) is 19.4. The molecule has 0 fully saturated rings. The summed E-state index contributed by atoms with van der Waals surface area (Å²) in [6.45, 7) is 2.00. The van der Waals surface area contributed by atoms with E-state index in [0.29, 0.717) is 11.4 Å². The molecule has 3 aromatic rings. The Morgan fingerprint density at radius 3 is 2.67 bits per heavy atom. The second-order valence-electron chi connectivity index (χ2n) is 5.77. The van der Waals surface area contributed by atoms with Crippen molar-refractivity contribution in [1.82, 2.24) is 0 Å². The number of methoxy groups -OCH3 is 1. The van der Waals surface area contributed by atoms with Crippen molar-refractivity contribution in [2.75, 3.05) is 12.4 Å². The number of rotatable bonds is 6. The number of anilines is 1. The van der Waals surface area contributed by atoms with Crippen LogP contribution in [-0.2, 0) is 6.42 Å². The molecule has 7 nitrogen and oxygen atoms in total. The van der Waals surface area contributed by atoms with Crippen LogP contribution in [0.15, 0.2) is 59.0 Å². The maximum Gasteiger partial charge on any atom is 0.291 e. The summed E-state index contributed by atoms with van der Waals surface area (Å²) in [5.41, 5.74) is 1.82. The van der Waals surface area contributed by atoms with Gasteiger partial charge in [-0.25, -0.2) is 0 Å². The number of furan rings is 1. The van der Waals surface area contributed by atoms with Crippen LogP contribution in [0.3, 0.4) is 0 Å². The summed E-state index contributed by atoms with van der Waals surface area (Å²) in [7, 11) is 1.43. The van der Waals surface area contributed by atoms with Crippen LogP contribution in [-0.4, -0.2) is 17.9 Å². The molecule has 3 rings (SSSR count). The summed E-state index contributed by atoms with van der Waals surface area (Å²) < 4.78 is 10.6. The Morgan fingerprint density at radius 1 is 1.19 bits per heavy atom. The molecule has 138 valence electrons. The number of hydrogen-bond donors (Lipinski definition) is 1. The Labute approximate surface area is 155 Å². The molecule has 0 aliphatic carbocycles. The first-order valence-corrected chi connectivity index (χ1v) is 8.35. The summed E-state index contributed by atoms with van der Waals surface area (Å²) in [5, 5.41) is 14.2. The Balaban J connectivity index is 1.89. The third-order valence-electron chi connectivity index (χ3n) is 4.14. The summed E-state index contributed by atoms with van der Waals surface area (Å²) in [6, 6.07) is 15.0. The number of nitro benzene ring substituents is 1. The van der Waals surface area contributed by atoms with Crippen LogP contribution in [0.4, 0.5) is 11.4 Å². The quantitative estimate of drug-likeness (QED) is 0.505. The average molecular weight is 366 g/mol. The largest absolute Gasteiger partial charge is 0.497 e. The number of carbonyl (C=O) groups excluding carboxylic acids is 1. The van der Waals surface area contributed by atoms with Gasteiger partial charge in [-0.1, -0.05) is 25.1 Å². The molecule has 0 saturated carbocycles. The molecule has 0 bridgehead atoms. The minimum Gasteiger partial charge on any atom is -0.497 e. The van der Waals surface area contributed by atoms with Crippen molar-refractivity contribution in [3.8, 4) is 17.1 Å². The zero-order valence-corrected chi connectivity index (χ0v) is 14.9. The highest BCUT2D eigenvalue weighted by Gasteiger charge is 2.21. The molecule has 0 unspecified atom stereocenters. The van der Waals surface area contributed by atoms with Gasteiger partial charge in [0.05, 0.1) is 23.7 Å². The van der Waals surface area contributed by atoms with E-state index in [1.807, 2.05) is 31.2 Å². The van der Waals surface area contributed by atoms with Gasteiger partial charge in [-0.05, 0) is 42.3 Å². The molecule has 27 heavy (non-hydrogen) atoms. The van der Waals surface area contributed by atoms with E-state index in [9.17, 15) is 14.9 Å². The van der Waals surface area contributed by atoms with Gasteiger partial charge in [-0.2, -0.15) is 0 Å². The maximum atomic E-state index is 12.5. The predicted molar refractivity (Wildman–Crippen MR) is 101 cm³/mol. The summed E-state index contributed by atoms with van der Waals surface area (Å²) >= 11 is 0. The molecule has 0 atom stereocenters. The third kappa shape index (κ3) is 3.82. The predicted octanol–water partition coefficient (Wildman–Crippen LogP) is 4.68. The minimum atomic E-state index is -0.516. The van der Waals surface area contributed by atoms with Gasteiger partial charge in [0.2, 0.25) is 0 Å². The molecule has 2 aromatic carbocycles. The van der Waals surface area contributed by atoms with Crippen LogP contribution in [0.2, 0.25) is 0 Å². The van der Waals surface area contributed by atoms with Crippen molar-refractivity contribution < 1.29 is 18.9 Å². The number of para-hydroxylation sites is 1. The van der Waals surface area contributed by atoms with Gasteiger partial charge in [0.15, 0.2) is 5.76 Å². The van der Waals surface area contributed by atoms with E-state index in [-0.39, 0.29) is 22.8 Å². The van der Waals surface area contributed by atoms with Crippen molar-refractivity contribution in [1.29, 1.82) is 0 Å². The van der Waals surface area contributed by atoms with Crippen molar-refractivity contribution in [2.45, 2.75) is 13.3 Å². The molecule has 1 N–H and O–H groups in total. The fraction of sp³-hybridized carbons (Fsp3) is 0.150. The lowest BCUT2D eigenvalue weighted by atomic mass is 10.1. The minimum absolute atomic E-state index is 0.0704. The first kappa shape index (κ1) is 18.2. The molecule has 0 saturated heterocycles. The number of nitrogens with one attached hydrogen (secondary N) is 1. The van der Waals surface area contributed by atoms with E-state index >= 15 is 0 Å². The van der Waals surface area contributed by atoms with Crippen molar-refractivity contribution in [2.24, 2.45) is 0 Å². The molecule has 1 aromatic heterocycles. The average Bonchev–Trinajstić information content (AvgIpc) is 3.18. The Morgan fingerprint density at radius 2 is 1.96 bits per heavy atom. The lowest BCUT2D eigenvalue weighted by molar-refractivity contribution is -0.384. The number of hydrogen-bond acceptors (Lipinski definition) is 5. The van der Waals surface area contributed by atoms with Crippen LogP contribution in [0.25, 0.3) is 11.3 Å². The van der Waals surface area contributed by atoms with Gasteiger partial charge in [0.1, 0.15) is 11.5 Å². The SMILES string of the molecule is CCc1ccccc1NC(=O)c1ccc(-c2ccc(OC)cc2[N+](=O)[O-])o1. The fourth-order valence-electron chi connectivity index (χ4n) is 2.74. The second kappa shape index (κ2) is 7.74. The standard InChI is InChI=1S/C20H18N2O5/c1-3-13-6-4-5-7-16(13)21-20(23)19-11-10-18(27-19)15-9-8-14(26-2)12-17(15)22(24)25/h4-12H,3H2,1-2H3,(H,21,23). The Bertz CT molecular complexity index is 994. The number of ether oxygens (including phenoxy) is 1. The van der Waals surface area contributed by atoms with Crippen LogP contribution in [0.1, 0.15) is 23.0 Å². The molecule has 0 aliphatic heterocycles. The highest BCUT2D eigenvalue weighted by molar-refractivity contribution is 6.03. The topological polar surface area (TPSA) is 94.6 Å². The van der Waals surface area contributed by atoms with E-state index in [4.69, 9.17) is 9.15 Å². The summed E-state index contributed by atoms with van der Waals surface area (Å²) in [5.74, 6) is 0.253. The van der Waals surface area contributed by atoms with Crippen LogP contribution in [0, 0.1) is 10.1 Å². The number of carbonyl (C=O) groups is 1. The highest BCUT2D eigenvalue weighted by Crippen LogP contribution is 2.34. The first-order valence-electron chi connectivity index (χ1n) is 8.35. The molecule has 0 spiro atoms. The lowest BCUT2D eigenvalue weighted by Crippen LogP contribution is -2.12. The van der Waals surface area contributed by atoms with Crippen molar-refractivity contribution in [3.63, 3.8) is 0 Å². The van der Waals surface area contributed by atoms with Gasteiger partial charge < -0.3 is 14.5 Å². The second-order valence-corrected chi connectivity index (χ2v) is 5.77. The zero-order valence-electron chi connectivity index (χ0n) is 14.9. The first-order chi connectivity index (χ1) is 13.0. The molecule has 0 radical (unpaired) electrons.